The highest BCUT2D eigenvalue weighted by atomic mass is 35.7. The Balaban J connectivity index is 2.31. The van der Waals surface area contributed by atoms with E-state index >= 15 is 0 Å². The van der Waals surface area contributed by atoms with Gasteiger partial charge in [0.2, 0.25) is 0 Å². The second-order valence-electron chi connectivity index (χ2n) is 4.31. The molecule has 1 saturated heterocycles. The highest BCUT2D eigenvalue weighted by molar-refractivity contribution is 8.13. The molecule has 0 bridgehead atoms. The lowest BCUT2D eigenvalue weighted by atomic mass is 10.3. The first-order chi connectivity index (χ1) is 9.20. The van der Waals surface area contributed by atoms with Crippen LogP contribution in [0.15, 0.2) is 17.0 Å². The summed E-state index contributed by atoms with van der Waals surface area (Å²) in [5.41, 5.74) is 0. The maximum Gasteiger partial charge on any atom is 0.263 e. The summed E-state index contributed by atoms with van der Waals surface area (Å²) in [5.74, 6) is -0.0133. The largest absolute Gasteiger partial charge is 0.479 e. The molecule has 1 atom stereocenters. The molecule has 5 nitrogen and oxygen atoms in total. The molecular weight excluding hydrogens is 349 g/mol. The van der Waals surface area contributed by atoms with Gasteiger partial charge in [-0.15, -0.1) is 0 Å². The van der Waals surface area contributed by atoms with Crippen molar-refractivity contribution in [2.24, 2.45) is 0 Å². The van der Waals surface area contributed by atoms with Crippen LogP contribution >= 0.6 is 33.9 Å². The van der Waals surface area contributed by atoms with Crippen molar-refractivity contribution in [2.45, 2.75) is 17.4 Å². The third kappa shape index (κ3) is 3.14. The Kier molecular flexibility index (Phi) is 4.39. The SMILES string of the molecule is CN1CCC(Oc2cc(Cl)c(S(=O)(=O)Cl)cc2Cl)C1=O. The van der Waals surface area contributed by atoms with E-state index in [-0.39, 0.29) is 26.6 Å². The van der Waals surface area contributed by atoms with Gasteiger partial charge in [0.25, 0.3) is 15.0 Å². The summed E-state index contributed by atoms with van der Waals surface area (Å²) in [6.07, 6.45) is -0.120. The molecule has 1 amide bonds. The molecule has 2 rings (SSSR count). The molecule has 1 aromatic carbocycles. The third-order valence-electron chi connectivity index (χ3n) is 2.90. The molecular formula is C11H10Cl3NO4S. The molecule has 0 N–H and O–H groups in total. The Hall–Kier alpha value is -0.690. The Morgan fingerprint density at radius 1 is 1.30 bits per heavy atom. The van der Waals surface area contributed by atoms with Gasteiger partial charge in [-0.3, -0.25) is 4.79 Å². The molecule has 0 aromatic heterocycles. The minimum Gasteiger partial charge on any atom is -0.479 e. The zero-order valence-corrected chi connectivity index (χ0v) is 13.4. The molecule has 1 heterocycles. The topological polar surface area (TPSA) is 63.7 Å². The number of nitrogens with zero attached hydrogens (tertiary/aromatic N) is 1. The lowest BCUT2D eigenvalue weighted by Gasteiger charge is -2.15. The molecule has 9 heteroatoms. The van der Waals surface area contributed by atoms with Crippen molar-refractivity contribution in [3.8, 4) is 5.75 Å². The third-order valence-corrected chi connectivity index (χ3v) is 4.98. The van der Waals surface area contributed by atoms with Crippen molar-refractivity contribution in [2.75, 3.05) is 13.6 Å². The van der Waals surface area contributed by atoms with E-state index in [4.69, 9.17) is 38.6 Å². The highest BCUT2D eigenvalue weighted by Crippen LogP contribution is 2.36. The number of ether oxygens (including phenoxy) is 1. The monoisotopic (exact) mass is 357 g/mol. The van der Waals surface area contributed by atoms with Gasteiger partial charge in [-0.25, -0.2) is 8.42 Å². The van der Waals surface area contributed by atoms with Gasteiger partial charge in [-0.2, -0.15) is 0 Å². The second kappa shape index (κ2) is 5.60. The second-order valence-corrected chi connectivity index (χ2v) is 7.65. The Labute approximate surface area is 130 Å². The summed E-state index contributed by atoms with van der Waals surface area (Å²) in [7, 11) is 2.90. The molecule has 1 fully saturated rings. The summed E-state index contributed by atoms with van der Waals surface area (Å²) in [6.45, 7) is 0.586. The van der Waals surface area contributed by atoms with Crippen molar-refractivity contribution in [3.05, 3.63) is 22.2 Å². The predicted molar refractivity (Wildman–Crippen MR) is 76.2 cm³/mol. The zero-order chi connectivity index (χ0) is 15.1. The summed E-state index contributed by atoms with van der Waals surface area (Å²) in [5, 5.41) is -0.0887. The fourth-order valence-corrected chi connectivity index (χ4v) is 3.62. The van der Waals surface area contributed by atoms with E-state index in [1.54, 1.807) is 7.05 Å². The van der Waals surface area contributed by atoms with Crippen LogP contribution in [0.5, 0.6) is 5.75 Å². The average Bonchev–Trinajstić information content (AvgIpc) is 2.64. The standard InChI is InChI=1S/C11H10Cl3NO4S/c1-15-3-2-8(11(15)16)19-9-4-7(13)10(5-6(9)12)20(14,17)18/h4-5,8H,2-3H2,1H3. The molecule has 1 aromatic rings. The van der Waals surface area contributed by atoms with E-state index in [1.807, 2.05) is 0 Å². The maximum atomic E-state index is 11.7. The fraction of sp³-hybridized carbons (Fsp3) is 0.364. The van der Waals surface area contributed by atoms with Gasteiger partial charge >= 0.3 is 0 Å². The fourth-order valence-electron chi connectivity index (χ4n) is 1.84. The Morgan fingerprint density at radius 3 is 2.45 bits per heavy atom. The summed E-state index contributed by atoms with van der Waals surface area (Å²) < 4.78 is 28.0. The van der Waals surface area contributed by atoms with E-state index in [0.717, 1.165) is 6.07 Å². The molecule has 110 valence electrons. The smallest absolute Gasteiger partial charge is 0.263 e. The van der Waals surface area contributed by atoms with Gasteiger partial charge in [0.05, 0.1) is 10.0 Å². The van der Waals surface area contributed by atoms with Gasteiger partial charge < -0.3 is 9.64 Å². The van der Waals surface area contributed by atoms with Crippen LogP contribution in [0.3, 0.4) is 0 Å². The number of hydrogen-bond acceptors (Lipinski definition) is 4. The average molecular weight is 359 g/mol. The van der Waals surface area contributed by atoms with Crippen molar-refractivity contribution in [1.82, 2.24) is 4.90 Å². The first-order valence-electron chi connectivity index (χ1n) is 5.55. The molecule has 1 aliphatic heterocycles. The predicted octanol–water partition coefficient (Wildman–Crippen LogP) is 2.53. The highest BCUT2D eigenvalue weighted by Gasteiger charge is 2.31. The number of amides is 1. The van der Waals surface area contributed by atoms with Crippen molar-refractivity contribution in [3.63, 3.8) is 0 Å². The number of carbonyl (C=O) groups excluding carboxylic acids is 1. The van der Waals surface area contributed by atoms with Crippen LogP contribution in [0, 0.1) is 0 Å². The summed E-state index contributed by atoms with van der Waals surface area (Å²) in [6, 6.07) is 2.34. The zero-order valence-electron chi connectivity index (χ0n) is 10.3. The van der Waals surface area contributed by atoms with Crippen LogP contribution in [0.1, 0.15) is 6.42 Å². The minimum atomic E-state index is -3.99. The van der Waals surface area contributed by atoms with Crippen LogP contribution in [0.4, 0.5) is 0 Å². The summed E-state index contributed by atoms with van der Waals surface area (Å²) >= 11 is 11.8. The van der Waals surface area contributed by atoms with Crippen LogP contribution < -0.4 is 4.74 Å². The van der Waals surface area contributed by atoms with Crippen molar-refractivity contribution >= 4 is 48.8 Å². The van der Waals surface area contributed by atoms with Gasteiger partial charge in [-0.1, -0.05) is 23.2 Å². The van der Waals surface area contributed by atoms with E-state index in [9.17, 15) is 13.2 Å². The van der Waals surface area contributed by atoms with Crippen LogP contribution in [-0.4, -0.2) is 38.9 Å². The van der Waals surface area contributed by atoms with Gasteiger partial charge in [0, 0.05) is 36.8 Å². The molecule has 1 unspecified atom stereocenters. The van der Waals surface area contributed by atoms with E-state index < -0.39 is 15.2 Å². The van der Waals surface area contributed by atoms with Crippen LogP contribution in [0.2, 0.25) is 10.0 Å². The number of halogens is 3. The number of hydrogen-bond donors (Lipinski definition) is 0. The van der Waals surface area contributed by atoms with Crippen molar-refractivity contribution < 1.29 is 17.9 Å². The number of likely N-dealkylation sites (tertiary alicyclic amines) is 1. The lowest BCUT2D eigenvalue weighted by molar-refractivity contribution is -0.132. The minimum absolute atomic E-state index is 0.0241. The van der Waals surface area contributed by atoms with E-state index in [1.165, 1.54) is 11.0 Å². The molecule has 0 spiro atoms. The summed E-state index contributed by atoms with van der Waals surface area (Å²) in [4.78, 5) is 13.0. The first-order valence-corrected chi connectivity index (χ1v) is 8.62. The first kappa shape index (κ1) is 15.7. The molecule has 1 aliphatic rings. The van der Waals surface area contributed by atoms with E-state index in [0.29, 0.717) is 13.0 Å². The Morgan fingerprint density at radius 2 is 1.95 bits per heavy atom. The number of carbonyl (C=O) groups is 1. The van der Waals surface area contributed by atoms with Gasteiger partial charge in [0.15, 0.2) is 6.10 Å². The number of rotatable bonds is 3. The normalized spacial score (nSPS) is 19.5. The quantitative estimate of drug-likeness (QED) is 0.779. The van der Waals surface area contributed by atoms with Crippen LogP contribution in [0.25, 0.3) is 0 Å². The molecule has 0 saturated carbocycles. The molecule has 0 aliphatic carbocycles. The lowest BCUT2D eigenvalue weighted by Crippen LogP contribution is -2.29. The number of likely N-dealkylation sites (N-methyl/N-ethyl adjacent to an activating group) is 1. The Bertz CT molecular complexity index is 662. The molecule has 20 heavy (non-hydrogen) atoms. The molecule has 0 radical (unpaired) electrons. The van der Waals surface area contributed by atoms with E-state index in [2.05, 4.69) is 0 Å². The number of benzene rings is 1. The van der Waals surface area contributed by atoms with Crippen molar-refractivity contribution in [1.29, 1.82) is 0 Å². The van der Waals surface area contributed by atoms with Gasteiger partial charge in [0.1, 0.15) is 10.6 Å². The van der Waals surface area contributed by atoms with Gasteiger partial charge in [-0.05, 0) is 6.07 Å². The van der Waals surface area contributed by atoms with Crippen LogP contribution in [-0.2, 0) is 13.8 Å². The maximum absolute atomic E-state index is 11.7.